The summed E-state index contributed by atoms with van der Waals surface area (Å²) in [7, 11) is -0.371. The Bertz CT molecular complexity index is 718. The number of hydrogen-bond acceptors (Lipinski definition) is 4. The lowest BCUT2D eigenvalue weighted by molar-refractivity contribution is 0.0583. The van der Waals surface area contributed by atoms with Crippen LogP contribution in [0.25, 0.3) is 0 Å². The SMILES string of the molecule is COC(=O)c1cccn1C1CCN(S(=O)(=O)N(C)[C@@H](C)C2CC2)CC1. The van der Waals surface area contributed by atoms with Crippen molar-refractivity contribution in [2.75, 3.05) is 27.2 Å². The summed E-state index contributed by atoms with van der Waals surface area (Å²) in [5.41, 5.74) is 0.517. The second-order valence-corrected chi connectivity index (χ2v) is 9.01. The zero-order valence-electron chi connectivity index (χ0n) is 15.1. The Morgan fingerprint density at radius 1 is 1.28 bits per heavy atom. The lowest BCUT2D eigenvalue weighted by Gasteiger charge is -2.36. The Balaban J connectivity index is 1.65. The molecule has 0 amide bonds. The molecule has 1 saturated carbocycles. The third-order valence-corrected chi connectivity index (χ3v) is 7.64. The van der Waals surface area contributed by atoms with Gasteiger partial charge in [0.15, 0.2) is 0 Å². The molecule has 1 aromatic heterocycles. The number of rotatable bonds is 6. The molecule has 25 heavy (non-hydrogen) atoms. The zero-order valence-corrected chi connectivity index (χ0v) is 15.9. The number of aromatic nitrogens is 1. The molecule has 1 atom stereocenters. The molecule has 0 aromatic carbocycles. The van der Waals surface area contributed by atoms with Crippen LogP contribution in [0.2, 0.25) is 0 Å². The maximum Gasteiger partial charge on any atom is 0.354 e. The molecule has 2 heterocycles. The average molecular weight is 369 g/mol. The number of piperidine rings is 1. The van der Waals surface area contributed by atoms with Gasteiger partial charge in [0.05, 0.1) is 7.11 Å². The first-order chi connectivity index (χ1) is 11.9. The van der Waals surface area contributed by atoms with E-state index >= 15 is 0 Å². The van der Waals surface area contributed by atoms with Crippen molar-refractivity contribution in [2.45, 2.75) is 44.7 Å². The first kappa shape index (κ1) is 18.4. The quantitative estimate of drug-likeness (QED) is 0.718. The standard InChI is InChI=1S/C17H27N3O4S/c1-13(14-6-7-14)18(2)25(22,23)19-11-8-15(9-12-19)20-10-4-5-16(20)17(21)24-3/h4-5,10,13-15H,6-9,11-12H2,1-3H3/t13-/m0/s1. The van der Waals surface area contributed by atoms with Gasteiger partial charge in [-0.3, -0.25) is 0 Å². The number of esters is 1. The van der Waals surface area contributed by atoms with Gasteiger partial charge < -0.3 is 9.30 Å². The van der Waals surface area contributed by atoms with Crippen LogP contribution in [0.5, 0.6) is 0 Å². The molecular formula is C17H27N3O4S. The van der Waals surface area contributed by atoms with Gasteiger partial charge in [0.2, 0.25) is 0 Å². The van der Waals surface area contributed by atoms with E-state index in [1.165, 1.54) is 11.4 Å². The number of ether oxygens (including phenoxy) is 1. The van der Waals surface area contributed by atoms with Crippen molar-refractivity contribution >= 4 is 16.2 Å². The molecule has 0 radical (unpaired) electrons. The fourth-order valence-corrected chi connectivity index (χ4v) is 5.24. The van der Waals surface area contributed by atoms with Crippen molar-refractivity contribution in [3.63, 3.8) is 0 Å². The van der Waals surface area contributed by atoms with Crippen LogP contribution in [0.15, 0.2) is 18.3 Å². The molecule has 2 aliphatic rings. The van der Waals surface area contributed by atoms with Crippen LogP contribution in [0.3, 0.4) is 0 Å². The van der Waals surface area contributed by atoms with Crippen molar-refractivity contribution in [1.29, 1.82) is 0 Å². The summed E-state index contributed by atoms with van der Waals surface area (Å²) in [6, 6.07) is 3.72. The maximum atomic E-state index is 12.8. The average Bonchev–Trinajstić information content (AvgIpc) is 3.36. The highest BCUT2D eigenvalue weighted by Crippen LogP contribution is 2.36. The summed E-state index contributed by atoms with van der Waals surface area (Å²) in [5, 5.41) is 0. The van der Waals surface area contributed by atoms with Crippen molar-refractivity contribution in [2.24, 2.45) is 5.92 Å². The van der Waals surface area contributed by atoms with Crippen LogP contribution in [0.4, 0.5) is 0 Å². The first-order valence-electron chi connectivity index (χ1n) is 8.84. The predicted molar refractivity (Wildman–Crippen MR) is 94.5 cm³/mol. The van der Waals surface area contributed by atoms with E-state index in [2.05, 4.69) is 0 Å². The Morgan fingerprint density at radius 3 is 2.48 bits per heavy atom. The van der Waals surface area contributed by atoms with E-state index in [0.717, 1.165) is 12.8 Å². The molecule has 0 bridgehead atoms. The van der Waals surface area contributed by atoms with E-state index in [9.17, 15) is 13.2 Å². The molecule has 0 N–H and O–H groups in total. The molecule has 8 heteroatoms. The fraction of sp³-hybridized carbons (Fsp3) is 0.706. The molecule has 0 spiro atoms. The van der Waals surface area contributed by atoms with Crippen LogP contribution >= 0.6 is 0 Å². The highest BCUT2D eigenvalue weighted by molar-refractivity contribution is 7.86. The smallest absolute Gasteiger partial charge is 0.354 e. The zero-order chi connectivity index (χ0) is 18.2. The minimum atomic E-state index is -3.42. The molecule has 1 aliphatic carbocycles. The largest absolute Gasteiger partial charge is 0.464 e. The Labute approximate surface area is 149 Å². The fourth-order valence-electron chi connectivity index (χ4n) is 3.61. The van der Waals surface area contributed by atoms with E-state index in [1.807, 2.05) is 23.8 Å². The van der Waals surface area contributed by atoms with E-state index in [4.69, 9.17) is 4.74 Å². The lowest BCUT2D eigenvalue weighted by atomic mass is 10.1. The van der Waals surface area contributed by atoms with Gasteiger partial charge in [-0.1, -0.05) is 0 Å². The van der Waals surface area contributed by atoms with E-state index in [-0.39, 0.29) is 18.1 Å². The topological polar surface area (TPSA) is 71.8 Å². The van der Waals surface area contributed by atoms with Gasteiger partial charge in [-0.25, -0.2) is 4.79 Å². The highest BCUT2D eigenvalue weighted by atomic mass is 32.2. The molecule has 7 nitrogen and oxygen atoms in total. The number of methoxy groups -OCH3 is 1. The third kappa shape index (κ3) is 3.61. The lowest BCUT2D eigenvalue weighted by Crippen LogP contribution is -2.49. The van der Waals surface area contributed by atoms with E-state index < -0.39 is 10.2 Å². The molecule has 3 rings (SSSR count). The van der Waals surface area contributed by atoms with Crippen LogP contribution < -0.4 is 0 Å². The van der Waals surface area contributed by atoms with Crippen molar-refractivity contribution in [1.82, 2.24) is 13.2 Å². The summed E-state index contributed by atoms with van der Waals surface area (Å²) in [6.45, 7) is 2.92. The van der Waals surface area contributed by atoms with Crippen LogP contribution in [0.1, 0.15) is 49.1 Å². The summed E-state index contributed by atoms with van der Waals surface area (Å²) < 4.78 is 35.5. The van der Waals surface area contributed by atoms with Gasteiger partial charge in [-0.15, -0.1) is 0 Å². The van der Waals surface area contributed by atoms with Crippen LogP contribution in [0, 0.1) is 5.92 Å². The number of nitrogens with zero attached hydrogens (tertiary/aromatic N) is 3. The minimum Gasteiger partial charge on any atom is -0.464 e. The van der Waals surface area contributed by atoms with Crippen LogP contribution in [-0.2, 0) is 14.9 Å². The van der Waals surface area contributed by atoms with Crippen molar-refractivity contribution in [3.05, 3.63) is 24.0 Å². The summed E-state index contributed by atoms with van der Waals surface area (Å²) in [4.78, 5) is 11.8. The molecule has 0 unspecified atom stereocenters. The van der Waals surface area contributed by atoms with Gasteiger partial charge in [-0.05, 0) is 50.7 Å². The van der Waals surface area contributed by atoms with Gasteiger partial charge in [0, 0.05) is 38.4 Å². The molecule has 1 aliphatic heterocycles. The molecule has 140 valence electrons. The number of carbonyl (C=O) groups excluding carboxylic acids is 1. The maximum absolute atomic E-state index is 12.8. The Morgan fingerprint density at radius 2 is 1.92 bits per heavy atom. The number of carbonyl (C=O) groups is 1. The van der Waals surface area contributed by atoms with Crippen molar-refractivity contribution in [3.8, 4) is 0 Å². The summed E-state index contributed by atoms with van der Waals surface area (Å²) >= 11 is 0. The van der Waals surface area contributed by atoms with Crippen LogP contribution in [-0.4, -0.2) is 60.9 Å². The molecule has 1 saturated heterocycles. The highest BCUT2D eigenvalue weighted by Gasteiger charge is 2.39. The Kier molecular flexibility index (Phi) is 5.22. The summed E-state index contributed by atoms with van der Waals surface area (Å²) in [5.74, 6) is 0.137. The monoisotopic (exact) mass is 369 g/mol. The second kappa shape index (κ2) is 7.09. The Hall–Kier alpha value is -1.38. The van der Waals surface area contributed by atoms with Gasteiger partial charge in [0.25, 0.3) is 10.2 Å². The first-order valence-corrected chi connectivity index (χ1v) is 10.2. The predicted octanol–water partition coefficient (Wildman–Crippen LogP) is 1.89. The van der Waals surface area contributed by atoms with Gasteiger partial charge in [-0.2, -0.15) is 17.0 Å². The molecular weight excluding hydrogens is 342 g/mol. The van der Waals surface area contributed by atoms with Crippen molar-refractivity contribution < 1.29 is 17.9 Å². The normalized spacial score (nSPS) is 21.4. The van der Waals surface area contributed by atoms with Gasteiger partial charge in [0.1, 0.15) is 5.69 Å². The second-order valence-electron chi connectivity index (χ2n) is 7.02. The molecule has 1 aromatic rings. The third-order valence-electron chi connectivity index (χ3n) is 5.56. The van der Waals surface area contributed by atoms with E-state index in [1.54, 1.807) is 17.4 Å². The molecule has 2 fully saturated rings. The van der Waals surface area contributed by atoms with Gasteiger partial charge >= 0.3 is 5.97 Å². The minimum absolute atomic E-state index is 0.0538. The van der Waals surface area contributed by atoms with E-state index in [0.29, 0.717) is 37.5 Å². The summed E-state index contributed by atoms with van der Waals surface area (Å²) in [6.07, 6.45) is 5.47. The number of hydrogen-bond donors (Lipinski definition) is 0.